The summed E-state index contributed by atoms with van der Waals surface area (Å²) in [5, 5.41) is 0. The molecule has 0 aromatic carbocycles. The van der Waals surface area contributed by atoms with Crippen molar-refractivity contribution in [3.8, 4) is 24.7 Å². The van der Waals surface area contributed by atoms with Crippen LogP contribution in [0.1, 0.15) is 0 Å². The highest BCUT2D eigenvalue weighted by Gasteiger charge is 1.97. The second kappa shape index (κ2) is 14.9. The quantitative estimate of drug-likeness (QED) is 0.239. The van der Waals surface area contributed by atoms with Crippen LogP contribution in [0.25, 0.3) is 0 Å². The van der Waals surface area contributed by atoms with Gasteiger partial charge in [-0.25, -0.2) is 9.59 Å². The number of carbonyl (C=O) groups is 2. The summed E-state index contributed by atoms with van der Waals surface area (Å²) in [4.78, 5) is 22.0. The molecule has 0 aliphatic heterocycles. The van der Waals surface area contributed by atoms with E-state index in [0.29, 0.717) is 13.2 Å². The van der Waals surface area contributed by atoms with Crippen molar-refractivity contribution in [2.45, 2.75) is 0 Å². The van der Waals surface area contributed by atoms with E-state index in [1.54, 1.807) is 0 Å². The highest BCUT2D eigenvalue weighted by molar-refractivity contribution is 5.82. The van der Waals surface area contributed by atoms with E-state index >= 15 is 0 Å². The average molecular weight is 306 g/mol. The van der Waals surface area contributed by atoms with Crippen molar-refractivity contribution in [3.05, 3.63) is 24.3 Å². The summed E-state index contributed by atoms with van der Waals surface area (Å²) in [5.74, 6) is 3.32. The van der Waals surface area contributed by atoms with Gasteiger partial charge in [0.15, 0.2) is 0 Å². The highest BCUT2D eigenvalue weighted by atomic mass is 16.6. The van der Waals surface area contributed by atoms with Crippen molar-refractivity contribution in [3.63, 3.8) is 0 Å². The average Bonchev–Trinajstić information content (AvgIpc) is 2.52. The summed E-state index contributed by atoms with van der Waals surface area (Å²) in [7, 11) is 0. The summed E-state index contributed by atoms with van der Waals surface area (Å²) in [6.07, 6.45) is 14.7. The van der Waals surface area contributed by atoms with Gasteiger partial charge in [-0.05, 0) is 12.2 Å². The molecule has 0 saturated carbocycles. The minimum Gasteiger partial charge on any atom is -0.460 e. The fourth-order valence-corrected chi connectivity index (χ4v) is 1.05. The predicted molar refractivity (Wildman–Crippen MR) is 79.5 cm³/mol. The summed E-state index contributed by atoms with van der Waals surface area (Å²) in [5.41, 5.74) is 0. The normalized spacial score (nSPS) is 10.3. The van der Waals surface area contributed by atoms with Crippen LogP contribution in [0.4, 0.5) is 0 Å². The molecule has 0 rings (SSSR count). The van der Waals surface area contributed by atoms with Gasteiger partial charge in [-0.2, -0.15) is 0 Å². The number of hydrogen-bond donors (Lipinski definition) is 0. The van der Waals surface area contributed by atoms with Crippen LogP contribution in [-0.4, -0.2) is 51.6 Å². The topological polar surface area (TPSA) is 71.1 Å². The molecule has 0 aromatic heterocycles. The Morgan fingerprint density at radius 2 is 1.09 bits per heavy atom. The lowest BCUT2D eigenvalue weighted by molar-refractivity contribution is -0.141. The van der Waals surface area contributed by atoms with Gasteiger partial charge in [0.2, 0.25) is 0 Å². The molecule has 0 unspecified atom stereocenters. The van der Waals surface area contributed by atoms with Crippen molar-refractivity contribution in [1.29, 1.82) is 0 Å². The Morgan fingerprint density at radius 3 is 1.45 bits per heavy atom. The van der Waals surface area contributed by atoms with E-state index in [1.807, 2.05) is 0 Å². The van der Waals surface area contributed by atoms with Crippen molar-refractivity contribution in [2.24, 2.45) is 0 Å². The van der Waals surface area contributed by atoms with E-state index in [2.05, 4.69) is 11.8 Å². The van der Waals surface area contributed by atoms with Crippen LogP contribution in [0.2, 0.25) is 0 Å². The van der Waals surface area contributed by atoms with Gasteiger partial charge in [-0.15, -0.1) is 12.8 Å². The fourth-order valence-electron chi connectivity index (χ4n) is 1.05. The van der Waals surface area contributed by atoms with Crippen molar-refractivity contribution in [1.82, 2.24) is 0 Å². The van der Waals surface area contributed by atoms with Crippen molar-refractivity contribution < 1.29 is 28.5 Å². The maximum Gasteiger partial charge on any atom is 0.331 e. The first-order chi connectivity index (χ1) is 10.7. The molecule has 0 spiro atoms. The van der Waals surface area contributed by atoms with Crippen LogP contribution >= 0.6 is 0 Å². The van der Waals surface area contributed by atoms with Crippen LogP contribution in [0.5, 0.6) is 0 Å². The Morgan fingerprint density at radius 1 is 0.727 bits per heavy atom. The van der Waals surface area contributed by atoms with Crippen LogP contribution in [0, 0.1) is 24.7 Å². The number of terminal acetylenes is 2. The Bertz CT molecular complexity index is 420. The number of allylic oxidation sites excluding steroid dienone is 2. The number of ether oxygens (including phenoxy) is 4. The first kappa shape index (κ1) is 19.5. The van der Waals surface area contributed by atoms with Gasteiger partial charge in [0, 0.05) is 12.2 Å². The minimum atomic E-state index is -0.515. The maximum absolute atomic E-state index is 11.0. The summed E-state index contributed by atoms with van der Waals surface area (Å²) in [6.45, 7) is 1.45. The van der Waals surface area contributed by atoms with Gasteiger partial charge in [0.05, 0.1) is 26.4 Å². The van der Waals surface area contributed by atoms with Crippen LogP contribution in [0.15, 0.2) is 24.3 Å². The molecule has 0 aliphatic rings. The van der Waals surface area contributed by atoms with E-state index in [4.69, 9.17) is 31.8 Å². The lowest BCUT2D eigenvalue weighted by Crippen LogP contribution is -2.14. The van der Waals surface area contributed by atoms with Crippen LogP contribution in [-0.2, 0) is 28.5 Å². The number of rotatable bonds is 11. The van der Waals surface area contributed by atoms with E-state index in [-0.39, 0.29) is 26.4 Å². The SMILES string of the molecule is C#C/C=C\C(=O)OCCOCCOCCOC(=O)/C=C\C#C. The molecule has 6 heteroatoms. The number of hydrogen-bond acceptors (Lipinski definition) is 6. The Kier molecular flexibility index (Phi) is 13.1. The molecule has 0 radical (unpaired) electrons. The third-order valence-corrected chi connectivity index (χ3v) is 1.95. The molecule has 0 aliphatic carbocycles. The first-order valence-electron chi connectivity index (χ1n) is 6.45. The van der Waals surface area contributed by atoms with Gasteiger partial charge in [0.25, 0.3) is 0 Å². The lowest BCUT2D eigenvalue weighted by atomic mass is 10.5. The molecular formula is C16H18O6. The molecule has 0 bridgehead atoms. The molecule has 0 heterocycles. The fraction of sp³-hybridized carbons (Fsp3) is 0.375. The van der Waals surface area contributed by atoms with Gasteiger partial charge in [-0.1, -0.05) is 11.8 Å². The summed E-state index contributed by atoms with van der Waals surface area (Å²) >= 11 is 0. The predicted octanol–water partition coefficient (Wildman–Crippen LogP) is 0.485. The monoisotopic (exact) mass is 306 g/mol. The molecule has 0 fully saturated rings. The number of carbonyl (C=O) groups excluding carboxylic acids is 2. The van der Waals surface area contributed by atoms with Gasteiger partial charge >= 0.3 is 11.9 Å². The summed E-state index contributed by atoms with van der Waals surface area (Å²) in [6, 6.07) is 0. The Balaban J connectivity index is 3.31. The third-order valence-electron chi connectivity index (χ3n) is 1.95. The highest BCUT2D eigenvalue weighted by Crippen LogP contribution is 1.86. The molecule has 6 nitrogen and oxygen atoms in total. The molecule has 118 valence electrons. The second-order valence-electron chi connectivity index (χ2n) is 3.56. The maximum atomic E-state index is 11.0. The smallest absolute Gasteiger partial charge is 0.331 e. The van der Waals surface area contributed by atoms with Gasteiger partial charge in [0.1, 0.15) is 13.2 Å². The van der Waals surface area contributed by atoms with Crippen molar-refractivity contribution >= 4 is 11.9 Å². The van der Waals surface area contributed by atoms with Crippen molar-refractivity contribution in [2.75, 3.05) is 39.6 Å². The zero-order chi connectivity index (χ0) is 16.5. The van der Waals surface area contributed by atoms with E-state index in [0.717, 1.165) is 12.2 Å². The van der Waals surface area contributed by atoms with Crippen LogP contribution in [0.3, 0.4) is 0 Å². The number of esters is 2. The molecular weight excluding hydrogens is 288 g/mol. The molecule has 0 atom stereocenters. The third kappa shape index (κ3) is 13.9. The largest absolute Gasteiger partial charge is 0.460 e. The molecule has 0 N–H and O–H groups in total. The van der Waals surface area contributed by atoms with E-state index in [1.165, 1.54) is 12.2 Å². The minimum absolute atomic E-state index is 0.132. The Labute approximate surface area is 130 Å². The first-order valence-corrected chi connectivity index (χ1v) is 6.45. The Hall–Kier alpha value is -2.54. The van der Waals surface area contributed by atoms with Gasteiger partial charge in [-0.3, -0.25) is 0 Å². The standard InChI is InChI=1S/C16H18O6/c1-3-5-7-15(17)21-13-11-19-9-10-20-12-14-22-16(18)8-6-4-2/h1-2,5-8H,9-14H2/b7-5-,8-6-. The summed E-state index contributed by atoms with van der Waals surface area (Å²) < 4.78 is 19.9. The zero-order valence-electron chi connectivity index (χ0n) is 12.2. The van der Waals surface area contributed by atoms with Gasteiger partial charge < -0.3 is 18.9 Å². The molecule has 0 saturated heterocycles. The zero-order valence-corrected chi connectivity index (χ0v) is 12.2. The lowest BCUT2D eigenvalue weighted by Gasteiger charge is -2.06. The second-order valence-corrected chi connectivity index (χ2v) is 3.56. The molecule has 0 aromatic rings. The van der Waals surface area contributed by atoms with E-state index < -0.39 is 11.9 Å². The van der Waals surface area contributed by atoms with E-state index in [9.17, 15) is 9.59 Å². The molecule has 0 amide bonds. The molecule has 22 heavy (non-hydrogen) atoms. The van der Waals surface area contributed by atoms with Crippen LogP contribution < -0.4 is 0 Å².